The fourth-order valence-electron chi connectivity index (χ4n) is 3.26. The van der Waals surface area contributed by atoms with Gasteiger partial charge in [-0.25, -0.2) is 9.97 Å². The Morgan fingerprint density at radius 3 is 2.55 bits per heavy atom. The van der Waals surface area contributed by atoms with E-state index in [0.717, 1.165) is 43.2 Å². The van der Waals surface area contributed by atoms with Gasteiger partial charge in [-0.1, -0.05) is 30.3 Å². The predicted octanol–water partition coefficient (Wildman–Crippen LogP) is 5.48. The number of hydrogen-bond acceptors (Lipinski definition) is 5. The highest BCUT2D eigenvalue weighted by molar-refractivity contribution is 7.19. The number of phenolic OH excluding ortho intramolecular Hbond substituents is 1. The van der Waals surface area contributed by atoms with Crippen molar-refractivity contribution in [3.05, 3.63) is 83.1 Å². The number of aromatic amines is 1. The van der Waals surface area contributed by atoms with Crippen molar-refractivity contribution >= 4 is 44.2 Å². The average Bonchev–Trinajstić information content (AvgIpc) is 3.36. The maximum absolute atomic E-state index is 10.2. The van der Waals surface area contributed by atoms with Crippen LogP contribution in [0.1, 0.15) is 16.4 Å². The molecule has 0 fully saturated rings. The van der Waals surface area contributed by atoms with Crippen LogP contribution >= 0.6 is 11.3 Å². The van der Waals surface area contributed by atoms with Gasteiger partial charge in [0, 0.05) is 0 Å². The van der Waals surface area contributed by atoms with E-state index in [0.29, 0.717) is 5.75 Å². The molecule has 5 aromatic rings. The van der Waals surface area contributed by atoms with E-state index in [1.807, 2.05) is 54.6 Å². The number of thiazole rings is 1. The van der Waals surface area contributed by atoms with Gasteiger partial charge < -0.3 is 14.8 Å². The summed E-state index contributed by atoms with van der Waals surface area (Å²) < 4.78 is 6.27. The molecule has 5 rings (SSSR count). The maximum Gasteiger partial charge on any atom is 0.160 e. The molecule has 0 aliphatic rings. The van der Waals surface area contributed by atoms with E-state index in [2.05, 4.69) is 11.1 Å². The van der Waals surface area contributed by atoms with Gasteiger partial charge >= 0.3 is 0 Å². The minimum atomic E-state index is 0.0921. The van der Waals surface area contributed by atoms with Crippen LogP contribution in [0.2, 0.25) is 0 Å². The van der Waals surface area contributed by atoms with Gasteiger partial charge in [0.2, 0.25) is 0 Å². The number of phenols is 1. The summed E-state index contributed by atoms with van der Waals surface area (Å²) in [5.41, 5.74) is 4.51. The van der Waals surface area contributed by atoms with Gasteiger partial charge in [-0.2, -0.15) is 0 Å². The minimum absolute atomic E-state index is 0.0921. The Morgan fingerprint density at radius 1 is 1.00 bits per heavy atom. The number of aromatic hydroxyl groups is 1. The zero-order chi connectivity index (χ0) is 19.8. The Labute approximate surface area is 171 Å². The van der Waals surface area contributed by atoms with Crippen LogP contribution in [0.3, 0.4) is 0 Å². The fraction of sp³-hybridized carbons (Fsp3) is 0.0435. The SMILES string of the molecule is COc1ccc(C=C(c2nc3ccccc3[nH]2)c2nc3ccccc3s2)cc1O. The second-order valence-electron chi connectivity index (χ2n) is 6.58. The Balaban J connectivity index is 1.70. The predicted molar refractivity (Wildman–Crippen MR) is 117 cm³/mol. The van der Waals surface area contributed by atoms with Crippen molar-refractivity contribution in [3.8, 4) is 11.5 Å². The largest absolute Gasteiger partial charge is 0.504 e. The van der Waals surface area contributed by atoms with Crippen LogP contribution in [0.5, 0.6) is 11.5 Å². The summed E-state index contributed by atoms with van der Waals surface area (Å²) in [7, 11) is 1.53. The molecule has 0 bridgehead atoms. The number of nitrogens with zero attached hydrogens (tertiary/aromatic N) is 2. The molecule has 0 aliphatic heterocycles. The second-order valence-corrected chi connectivity index (χ2v) is 7.61. The van der Waals surface area contributed by atoms with E-state index in [9.17, 15) is 5.11 Å². The lowest BCUT2D eigenvalue weighted by atomic mass is 10.1. The van der Waals surface area contributed by atoms with Gasteiger partial charge in [-0.3, -0.25) is 0 Å². The smallest absolute Gasteiger partial charge is 0.160 e. The van der Waals surface area contributed by atoms with Gasteiger partial charge in [-0.15, -0.1) is 11.3 Å². The van der Waals surface area contributed by atoms with Gasteiger partial charge in [0.1, 0.15) is 10.8 Å². The third kappa shape index (κ3) is 3.23. The lowest BCUT2D eigenvalue weighted by Crippen LogP contribution is -1.91. The van der Waals surface area contributed by atoms with Gasteiger partial charge in [-0.05, 0) is 48.0 Å². The molecule has 2 aromatic heterocycles. The standard InChI is InChI=1S/C23H17N3O2S/c1-28-20-11-10-14(13-19(20)27)12-15(22-24-16-6-2-3-7-17(16)25-22)23-26-18-8-4-5-9-21(18)29-23/h2-13,27H,1H3,(H,24,25). The molecule has 2 N–H and O–H groups in total. The first-order valence-corrected chi connectivity index (χ1v) is 9.93. The molecule has 0 saturated heterocycles. The molecule has 3 aromatic carbocycles. The number of aromatic nitrogens is 3. The third-order valence-corrected chi connectivity index (χ3v) is 5.75. The van der Waals surface area contributed by atoms with E-state index in [-0.39, 0.29) is 5.75 Å². The molecule has 0 atom stereocenters. The number of para-hydroxylation sites is 3. The summed E-state index contributed by atoms with van der Waals surface area (Å²) in [4.78, 5) is 13.0. The van der Waals surface area contributed by atoms with Crippen molar-refractivity contribution in [2.24, 2.45) is 0 Å². The lowest BCUT2D eigenvalue weighted by Gasteiger charge is -2.05. The summed E-state index contributed by atoms with van der Waals surface area (Å²) in [5, 5.41) is 11.0. The van der Waals surface area contributed by atoms with Crippen LogP contribution in [0.15, 0.2) is 66.7 Å². The maximum atomic E-state index is 10.2. The number of methoxy groups -OCH3 is 1. The normalized spacial score (nSPS) is 12.0. The monoisotopic (exact) mass is 399 g/mol. The number of H-pyrrole nitrogens is 1. The van der Waals surface area contributed by atoms with Crippen molar-refractivity contribution in [2.45, 2.75) is 0 Å². The van der Waals surface area contributed by atoms with E-state index < -0.39 is 0 Å². The molecule has 5 nitrogen and oxygen atoms in total. The molecule has 29 heavy (non-hydrogen) atoms. The van der Waals surface area contributed by atoms with E-state index in [1.165, 1.54) is 7.11 Å². The Bertz CT molecular complexity index is 1230. The molecular formula is C23H17N3O2S. The zero-order valence-corrected chi connectivity index (χ0v) is 16.4. The number of hydrogen-bond donors (Lipinski definition) is 2. The second kappa shape index (κ2) is 7.07. The first kappa shape index (κ1) is 17.5. The average molecular weight is 399 g/mol. The van der Waals surface area contributed by atoms with Gasteiger partial charge in [0.15, 0.2) is 11.5 Å². The Hall–Kier alpha value is -3.64. The highest BCUT2D eigenvalue weighted by Crippen LogP contribution is 2.34. The number of fused-ring (bicyclic) bond motifs is 2. The van der Waals surface area contributed by atoms with Crippen LogP contribution in [0.25, 0.3) is 32.9 Å². The number of imidazole rings is 1. The molecule has 142 valence electrons. The minimum Gasteiger partial charge on any atom is -0.504 e. The van der Waals surface area contributed by atoms with E-state index in [4.69, 9.17) is 14.7 Å². The number of ether oxygens (including phenoxy) is 1. The van der Waals surface area contributed by atoms with Gasteiger partial charge in [0.05, 0.1) is 33.9 Å². The summed E-state index contributed by atoms with van der Waals surface area (Å²) in [6, 6.07) is 21.3. The molecule has 6 heteroatoms. The van der Waals surface area contributed by atoms with Crippen molar-refractivity contribution in [1.29, 1.82) is 0 Å². The first-order chi connectivity index (χ1) is 14.2. The topological polar surface area (TPSA) is 71.0 Å². The number of nitrogens with one attached hydrogen (secondary N) is 1. The van der Waals surface area contributed by atoms with Crippen molar-refractivity contribution < 1.29 is 9.84 Å². The third-order valence-electron chi connectivity index (χ3n) is 4.68. The molecule has 0 saturated carbocycles. The first-order valence-electron chi connectivity index (χ1n) is 9.11. The van der Waals surface area contributed by atoms with E-state index >= 15 is 0 Å². The molecular weight excluding hydrogens is 382 g/mol. The molecule has 0 unspecified atom stereocenters. The molecule has 0 radical (unpaired) electrons. The molecule has 2 heterocycles. The highest BCUT2D eigenvalue weighted by atomic mass is 32.1. The summed E-state index contributed by atoms with van der Waals surface area (Å²) >= 11 is 1.61. The Kier molecular flexibility index (Phi) is 4.26. The number of benzene rings is 3. The van der Waals surface area contributed by atoms with E-state index in [1.54, 1.807) is 23.5 Å². The van der Waals surface area contributed by atoms with Crippen molar-refractivity contribution in [2.75, 3.05) is 7.11 Å². The fourth-order valence-corrected chi connectivity index (χ4v) is 4.25. The molecule has 0 aliphatic carbocycles. The molecule has 0 spiro atoms. The summed E-state index contributed by atoms with van der Waals surface area (Å²) in [6.07, 6.45) is 1.98. The van der Waals surface area contributed by atoms with Crippen LogP contribution < -0.4 is 4.74 Å². The molecule has 0 amide bonds. The quantitative estimate of drug-likeness (QED) is 0.420. The van der Waals surface area contributed by atoms with Crippen molar-refractivity contribution in [1.82, 2.24) is 15.0 Å². The highest BCUT2D eigenvalue weighted by Gasteiger charge is 2.15. The summed E-state index contributed by atoms with van der Waals surface area (Å²) in [5.74, 6) is 1.27. The lowest BCUT2D eigenvalue weighted by molar-refractivity contribution is 0.373. The van der Waals surface area contributed by atoms with Crippen LogP contribution in [0.4, 0.5) is 0 Å². The Morgan fingerprint density at radius 2 is 1.79 bits per heavy atom. The number of rotatable bonds is 4. The van der Waals surface area contributed by atoms with Crippen LogP contribution in [0, 0.1) is 0 Å². The van der Waals surface area contributed by atoms with Crippen LogP contribution in [-0.4, -0.2) is 27.2 Å². The van der Waals surface area contributed by atoms with Gasteiger partial charge in [0.25, 0.3) is 0 Å². The van der Waals surface area contributed by atoms with Crippen molar-refractivity contribution in [3.63, 3.8) is 0 Å². The summed E-state index contributed by atoms with van der Waals surface area (Å²) in [6.45, 7) is 0. The van der Waals surface area contributed by atoms with Crippen LogP contribution in [-0.2, 0) is 0 Å². The zero-order valence-electron chi connectivity index (χ0n) is 15.6.